The molecule has 0 aliphatic heterocycles. The number of primary amides is 1. The first kappa shape index (κ1) is 15.7. The first-order chi connectivity index (χ1) is 10.5. The Kier molecular flexibility index (Phi) is 4.88. The number of ether oxygens (including phenoxy) is 2. The van der Waals surface area contributed by atoms with E-state index in [1.54, 1.807) is 26.4 Å². The van der Waals surface area contributed by atoms with E-state index in [0.717, 1.165) is 22.7 Å². The number of anilines is 1. The van der Waals surface area contributed by atoms with Crippen molar-refractivity contribution in [2.45, 2.75) is 13.0 Å². The van der Waals surface area contributed by atoms with Gasteiger partial charge in [0.25, 0.3) is 0 Å². The Hall–Kier alpha value is -2.69. The third-order valence-electron chi connectivity index (χ3n) is 3.46. The van der Waals surface area contributed by atoms with Crippen LogP contribution < -0.4 is 20.5 Å². The van der Waals surface area contributed by atoms with E-state index in [-0.39, 0.29) is 6.04 Å². The molecule has 0 radical (unpaired) electrons. The Morgan fingerprint density at radius 1 is 1.09 bits per heavy atom. The predicted molar refractivity (Wildman–Crippen MR) is 86.5 cm³/mol. The smallest absolute Gasteiger partial charge is 0.248 e. The van der Waals surface area contributed by atoms with Gasteiger partial charge >= 0.3 is 0 Å². The van der Waals surface area contributed by atoms with Crippen molar-refractivity contribution in [2.24, 2.45) is 5.73 Å². The van der Waals surface area contributed by atoms with Gasteiger partial charge in [-0.25, -0.2) is 0 Å². The zero-order chi connectivity index (χ0) is 16.1. The van der Waals surface area contributed by atoms with Crippen LogP contribution in [0.4, 0.5) is 5.69 Å². The molecule has 0 bridgehead atoms. The van der Waals surface area contributed by atoms with Crippen LogP contribution in [-0.2, 0) is 0 Å². The summed E-state index contributed by atoms with van der Waals surface area (Å²) in [6, 6.07) is 12.7. The Morgan fingerprint density at radius 2 is 1.77 bits per heavy atom. The zero-order valence-electron chi connectivity index (χ0n) is 12.9. The van der Waals surface area contributed by atoms with Gasteiger partial charge in [0.15, 0.2) is 0 Å². The molecule has 0 aliphatic rings. The molecule has 3 N–H and O–H groups in total. The van der Waals surface area contributed by atoms with E-state index in [1.165, 1.54) is 0 Å². The lowest BCUT2D eigenvalue weighted by molar-refractivity contribution is 0.100. The van der Waals surface area contributed by atoms with Gasteiger partial charge in [-0.05, 0) is 49.4 Å². The third-order valence-corrected chi connectivity index (χ3v) is 3.46. The van der Waals surface area contributed by atoms with Gasteiger partial charge in [-0.3, -0.25) is 4.79 Å². The van der Waals surface area contributed by atoms with Crippen molar-refractivity contribution in [1.82, 2.24) is 0 Å². The highest BCUT2D eigenvalue weighted by Gasteiger charge is 2.13. The molecule has 5 heteroatoms. The molecule has 116 valence electrons. The van der Waals surface area contributed by atoms with E-state index in [2.05, 4.69) is 5.32 Å². The molecule has 2 aromatic rings. The quantitative estimate of drug-likeness (QED) is 0.860. The van der Waals surface area contributed by atoms with Crippen molar-refractivity contribution in [3.05, 3.63) is 53.6 Å². The second-order valence-electron chi connectivity index (χ2n) is 4.92. The van der Waals surface area contributed by atoms with E-state index in [4.69, 9.17) is 15.2 Å². The Labute approximate surface area is 130 Å². The lowest BCUT2D eigenvalue weighted by Gasteiger charge is -2.19. The molecule has 1 amide bonds. The van der Waals surface area contributed by atoms with Crippen LogP contribution in [-0.4, -0.2) is 20.1 Å². The van der Waals surface area contributed by atoms with Crippen LogP contribution in [0.5, 0.6) is 11.5 Å². The van der Waals surface area contributed by atoms with E-state index in [9.17, 15) is 4.79 Å². The van der Waals surface area contributed by atoms with Crippen LogP contribution in [0.3, 0.4) is 0 Å². The summed E-state index contributed by atoms with van der Waals surface area (Å²) in [6.45, 7) is 2.03. The van der Waals surface area contributed by atoms with Gasteiger partial charge in [0.1, 0.15) is 11.5 Å². The number of hydrogen-bond acceptors (Lipinski definition) is 4. The molecule has 1 unspecified atom stereocenters. The van der Waals surface area contributed by atoms with Crippen molar-refractivity contribution >= 4 is 11.6 Å². The monoisotopic (exact) mass is 300 g/mol. The maximum absolute atomic E-state index is 11.1. The number of nitrogens with two attached hydrogens (primary N) is 1. The number of nitrogens with one attached hydrogen (secondary N) is 1. The zero-order valence-corrected chi connectivity index (χ0v) is 12.9. The van der Waals surface area contributed by atoms with Gasteiger partial charge in [0.05, 0.1) is 20.3 Å². The van der Waals surface area contributed by atoms with Gasteiger partial charge in [-0.2, -0.15) is 0 Å². The molecule has 0 aliphatic carbocycles. The molecule has 0 aromatic heterocycles. The number of rotatable bonds is 6. The van der Waals surface area contributed by atoms with Gasteiger partial charge in [0.2, 0.25) is 5.91 Å². The van der Waals surface area contributed by atoms with Gasteiger partial charge in [-0.1, -0.05) is 0 Å². The molecule has 2 rings (SSSR count). The number of benzene rings is 2. The highest BCUT2D eigenvalue weighted by Crippen LogP contribution is 2.31. The van der Waals surface area contributed by atoms with E-state index < -0.39 is 5.91 Å². The lowest BCUT2D eigenvalue weighted by atomic mass is 10.1. The van der Waals surface area contributed by atoms with Crippen LogP contribution in [0.15, 0.2) is 42.5 Å². The number of amides is 1. The van der Waals surface area contributed by atoms with Crippen LogP contribution >= 0.6 is 0 Å². The van der Waals surface area contributed by atoms with Crippen molar-refractivity contribution < 1.29 is 14.3 Å². The molecule has 0 heterocycles. The summed E-state index contributed by atoms with van der Waals surface area (Å²) in [5.74, 6) is 1.12. The van der Waals surface area contributed by atoms with Crippen LogP contribution in [0.1, 0.15) is 28.9 Å². The normalized spacial score (nSPS) is 11.6. The van der Waals surface area contributed by atoms with Gasteiger partial charge < -0.3 is 20.5 Å². The highest BCUT2D eigenvalue weighted by atomic mass is 16.5. The average Bonchev–Trinajstić information content (AvgIpc) is 2.54. The van der Waals surface area contributed by atoms with Crippen molar-refractivity contribution in [3.8, 4) is 11.5 Å². The summed E-state index contributed by atoms with van der Waals surface area (Å²) < 4.78 is 10.7. The number of carbonyl (C=O) groups is 1. The SMILES string of the molecule is COc1ccc(OC)c(C(C)Nc2ccc(C(N)=O)cc2)c1. The van der Waals surface area contributed by atoms with E-state index in [1.807, 2.05) is 37.3 Å². The molecule has 0 spiro atoms. The maximum Gasteiger partial charge on any atom is 0.248 e. The molecular weight excluding hydrogens is 280 g/mol. The van der Waals surface area contributed by atoms with Crippen molar-refractivity contribution in [3.63, 3.8) is 0 Å². The van der Waals surface area contributed by atoms with Crippen molar-refractivity contribution in [1.29, 1.82) is 0 Å². The van der Waals surface area contributed by atoms with E-state index >= 15 is 0 Å². The average molecular weight is 300 g/mol. The van der Waals surface area contributed by atoms with Crippen LogP contribution in [0.25, 0.3) is 0 Å². The third kappa shape index (κ3) is 3.49. The second kappa shape index (κ2) is 6.85. The summed E-state index contributed by atoms with van der Waals surface area (Å²) in [6.07, 6.45) is 0. The van der Waals surface area contributed by atoms with Crippen molar-refractivity contribution in [2.75, 3.05) is 19.5 Å². The highest BCUT2D eigenvalue weighted by molar-refractivity contribution is 5.93. The molecule has 0 saturated heterocycles. The first-order valence-corrected chi connectivity index (χ1v) is 6.93. The van der Waals surface area contributed by atoms with Gasteiger partial charge in [0, 0.05) is 16.8 Å². The number of hydrogen-bond donors (Lipinski definition) is 2. The summed E-state index contributed by atoms with van der Waals surface area (Å²) >= 11 is 0. The summed E-state index contributed by atoms with van der Waals surface area (Å²) in [4.78, 5) is 11.1. The summed E-state index contributed by atoms with van der Waals surface area (Å²) in [5.41, 5.74) is 7.60. The molecule has 0 saturated carbocycles. The molecule has 22 heavy (non-hydrogen) atoms. The fourth-order valence-corrected chi connectivity index (χ4v) is 2.24. The minimum absolute atomic E-state index is 0.00415. The Balaban J connectivity index is 2.20. The summed E-state index contributed by atoms with van der Waals surface area (Å²) in [5, 5.41) is 3.36. The largest absolute Gasteiger partial charge is 0.497 e. The molecule has 2 aromatic carbocycles. The molecular formula is C17H20N2O3. The first-order valence-electron chi connectivity index (χ1n) is 6.93. The Bertz CT molecular complexity index is 653. The van der Waals surface area contributed by atoms with Gasteiger partial charge in [-0.15, -0.1) is 0 Å². The van der Waals surface area contributed by atoms with Crippen LogP contribution in [0.2, 0.25) is 0 Å². The number of carbonyl (C=O) groups excluding carboxylic acids is 1. The summed E-state index contributed by atoms with van der Waals surface area (Å²) in [7, 11) is 3.27. The predicted octanol–water partition coefficient (Wildman–Crippen LogP) is 2.98. The maximum atomic E-state index is 11.1. The minimum Gasteiger partial charge on any atom is -0.497 e. The lowest BCUT2D eigenvalue weighted by Crippen LogP contribution is -2.11. The topological polar surface area (TPSA) is 73.6 Å². The molecule has 1 atom stereocenters. The molecule has 0 fully saturated rings. The van der Waals surface area contributed by atoms with Crippen LogP contribution in [0, 0.1) is 0 Å². The minimum atomic E-state index is -0.436. The second-order valence-corrected chi connectivity index (χ2v) is 4.92. The standard InChI is InChI=1S/C17H20N2O3/c1-11(15-10-14(21-2)8-9-16(15)22-3)19-13-6-4-12(5-7-13)17(18)20/h4-11,19H,1-3H3,(H2,18,20). The Morgan fingerprint density at radius 3 is 2.32 bits per heavy atom. The van der Waals surface area contributed by atoms with E-state index in [0.29, 0.717) is 5.56 Å². The fourth-order valence-electron chi connectivity index (χ4n) is 2.24. The fraction of sp³-hybridized carbons (Fsp3) is 0.235. The molecule has 5 nitrogen and oxygen atoms in total. The number of methoxy groups -OCH3 is 2.